The van der Waals surface area contributed by atoms with Crippen LogP contribution in [0, 0.1) is 0 Å². The number of fused-ring (bicyclic) bond motifs is 2. The number of β-amino-alcohol motifs (C(OH)–C–C–N with tert-alkyl or cyclic N) is 1. The molecule has 0 spiro atoms. The van der Waals surface area contributed by atoms with Crippen LogP contribution < -0.4 is 11.1 Å². The molecule has 0 saturated carbocycles. The number of amides is 3. The van der Waals surface area contributed by atoms with Crippen molar-refractivity contribution < 1.29 is 29.3 Å². The van der Waals surface area contributed by atoms with Crippen molar-refractivity contribution in [1.82, 2.24) is 20.0 Å². The van der Waals surface area contributed by atoms with Crippen LogP contribution in [0.1, 0.15) is 17.5 Å². The molecule has 238 valence electrons. The zero-order chi connectivity index (χ0) is 31.6. The molecule has 4 rings (SSSR count). The first-order valence-electron chi connectivity index (χ1n) is 14.4. The second-order valence-corrected chi connectivity index (χ2v) is 12.9. The van der Waals surface area contributed by atoms with E-state index in [1.165, 1.54) is 0 Å². The van der Waals surface area contributed by atoms with Gasteiger partial charge in [0, 0.05) is 55.0 Å². The van der Waals surface area contributed by atoms with Gasteiger partial charge >= 0.3 is 0 Å². The minimum Gasteiger partial charge on any atom is -0.394 e. The Balaban J connectivity index is 1.40. The van der Waals surface area contributed by atoms with E-state index in [-0.39, 0.29) is 31.2 Å². The van der Waals surface area contributed by atoms with Gasteiger partial charge in [-0.05, 0) is 36.9 Å². The van der Waals surface area contributed by atoms with Crippen LogP contribution in [0.25, 0.3) is 0 Å². The summed E-state index contributed by atoms with van der Waals surface area (Å²) in [6, 6.07) is 14.1. The van der Waals surface area contributed by atoms with Crippen molar-refractivity contribution in [3.63, 3.8) is 0 Å². The summed E-state index contributed by atoms with van der Waals surface area (Å²) in [6.45, 7) is 3.35. The van der Waals surface area contributed by atoms with Crippen LogP contribution in [0.5, 0.6) is 0 Å². The number of imide groups is 1. The van der Waals surface area contributed by atoms with Crippen molar-refractivity contribution in [2.24, 2.45) is 10.7 Å². The lowest BCUT2D eigenvalue weighted by Crippen LogP contribution is -2.43. The largest absolute Gasteiger partial charge is 0.394 e. The van der Waals surface area contributed by atoms with Gasteiger partial charge in [0.15, 0.2) is 0 Å². The third-order valence-electron chi connectivity index (χ3n) is 7.16. The molecule has 2 atom stereocenters. The molecule has 1 saturated heterocycles. The van der Waals surface area contributed by atoms with E-state index in [0.717, 1.165) is 68.7 Å². The number of aliphatic imine (C=N–C) groups is 1. The monoisotopic (exact) mass is 644 g/mol. The van der Waals surface area contributed by atoms with Crippen molar-refractivity contribution in [3.05, 3.63) is 53.6 Å². The molecule has 14 heteroatoms. The number of hydrogen-bond acceptors (Lipinski definition) is 12. The highest BCUT2D eigenvalue weighted by atomic mass is 32.2. The quantitative estimate of drug-likeness (QED) is 0.117. The summed E-state index contributed by atoms with van der Waals surface area (Å²) in [7, 11) is 4.07. The number of amidine groups is 1. The van der Waals surface area contributed by atoms with Crippen LogP contribution in [0.2, 0.25) is 0 Å². The third kappa shape index (κ3) is 9.27. The highest BCUT2D eigenvalue weighted by Crippen LogP contribution is 2.41. The van der Waals surface area contributed by atoms with E-state index in [9.17, 15) is 19.5 Å². The van der Waals surface area contributed by atoms with Crippen molar-refractivity contribution in [3.8, 4) is 0 Å². The topological polar surface area (TPSA) is 161 Å². The molecule has 2 aliphatic heterocycles. The molecular weight excluding hydrogens is 605 g/mol. The first kappa shape index (κ1) is 33.9. The smallest absolute Gasteiger partial charge is 0.242 e. The number of carbonyl (C=O) groups is 3. The first-order valence-corrected chi connectivity index (χ1v) is 16.3. The molecule has 5 N–H and O–H groups in total. The van der Waals surface area contributed by atoms with Crippen molar-refractivity contribution in [2.45, 2.75) is 34.2 Å². The standard InChI is InChI=1S/C30H40N6O6S2/c1-34(11-13-42-14-12-37)9-10-35(2)29-21-8-7-20(15-24(21)44-23-6-4-3-5-22(23)33-29)17-32-27(39)18-36-28(40)16-25(30(36)41)43-19-26(31)38/h3-8,15,25,27,32,37,39H,9-14,16-19H2,1-2H3,(H2,31,38). The number of likely N-dealkylation sites (N-methyl/N-ethyl adjacent to an activating group) is 2. The fraction of sp³-hybridized carbons (Fsp3) is 0.467. The minimum absolute atomic E-state index is 0.0132. The summed E-state index contributed by atoms with van der Waals surface area (Å²) in [5.41, 5.74) is 7.98. The Bertz CT molecular complexity index is 1360. The van der Waals surface area contributed by atoms with E-state index in [0.29, 0.717) is 19.8 Å². The number of nitrogens with zero attached hydrogens (tertiary/aromatic N) is 4. The van der Waals surface area contributed by atoms with Gasteiger partial charge in [0.25, 0.3) is 0 Å². The molecule has 0 aromatic heterocycles. The fourth-order valence-electron chi connectivity index (χ4n) is 4.72. The van der Waals surface area contributed by atoms with Gasteiger partial charge in [-0.1, -0.05) is 30.0 Å². The summed E-state index contributed by atoms with van der Waals surface area (Å²) in [5.74, 6) is -0.529. The Morgan fingerprint density at radius 3 is 2.75 bits per heavy atom. The summed E-state index contributed by atoms with van der Waals surface area (Å²) >= 11 is 2.68. The predicted octanol–water partition coefficient (Wildman–Crippen LogP) is 0.856. The molecule has 2 aliphatic rings. The highest BCUT2D eigenvalue weighted by molar-refractivity contribution is 8.01. The summed E-state index contributed by atoms with van der Waals surface area (Å²) in [4.78, 5) is 48.6. The van der Waals surface area contributed by atoms with Crippen LogP contribution >= 0.6 is 23.5 Å². The normalized spacial score (nSPS) is 16.9. The zero-order valence-corrected chi connectivity index (χ0v) is 26.6. The van der Waals surface area contributed by atoms with Gasteiger partial charge in [0.2, 0.25) is 17.7 Å². The van der Waals surface area contributed by atoms with E-state index in [1.807, 2.05) is 50.5 Å². The van der Waals surface area contributed by atoms with Crippen LogP contribution in [0.4, 0.5) is 5.69 Å². The summed E-state index contributed by atoms with van der Waals surface area (Å²) < 4.78 is 5.39. The van der Waals surface area contributed by atoms with Crippen molar-refractivity contribution in [2.75, 3.05) is 65.8 Å². The Kier molecular flexibility index (Phi) is 12.6. The molecular formula is C30H40N6O6S2. The summed E-state index contributed by atoms with van der Waals surface area (Å²) in [6.07, 6.45) is -1.13. The lowest BCUT2D eigenvalue weighted by molar-refractivity contribution is -0.140. The van der Waals surface area contributed by atoms with Crippen molar-refractivity contribution >= 4 is 52.8 Å². The number of thioether (sulfide) groups is 1. The first-order chi connectivity index (χ1) is 21.2. The Hall–Kier alpha value is -2.98. The third-order valence-corrected chi connectivity index (χ3v) is 9.50. The predicted molar refractivity (Wildman–Crippen MR) is 171 cm³/mol. The van der Waals surface area contributed by atoms with Gasteiger partial charge in [-0.25, -0.2) is 4.99 Å². The maximum absolute atomic E-state index is 12.6. The van der Waals surface area contributed by atoms with Crippen LogP contribution in [-0.4, -0.2) is 126 Å². The van der Waals surface area contributed by atoms with Crippen LogP contribution in [0.3, 0.4) is 0 Å². The number of aliphatic hydroxyl groups is 2. The molecule has 2 unspecified atom stereocenters. The molecule has 2 heterocycles. The van der Waals surface area contributed by atoms with Gasteiger partial charge in [-0.2, -0.15) is 0 Å². The van der Waals surface area contributed by atoms with Gasteiger partial charge in [0.05, 0.1) is 43.1 Å². The van der Waals surface area contributed by atoms with E-state index in [4.69, 9.17) is 20.6 Å². The van der Waals surface area contributed by atoms with Crippen molar-refractivity contribution in [1.29, 1.82) is 0 Å². The van der Waals surface area contributed by atoms with Gasteiger partial charge in [-0.3, -0.25) is 24.6 Å². The van der Waals surface area contributed by atoms with Gasteiger partial charge in [0.1, 0.15) is 12.1 Å². The molecule has 1 fully saturated rings. The summed E-state index contributed by atoms with van der Waals surface area (Å²) in [5, 5.41) is 21.9. The molecule has 2 aromatic rings. The fourth-order valence-corrected chi connectivity index (χ4v) is 6.70. The number of nitrogens with two attached hydrogens (primary N) is 1. The maximum atomic E-state index is 12.6. The second kappa shape index (κ2) is 16.4. The number of likely N-dealkylation sites (tertiary alicyclic amines) is 1. The number of benzene rings is 2. The molecule has 0 bridgehead atoms. The number of hydrogen-bond donors (Lipinski definition) is 4. The lowest BCUT2D eigenvalue weighted by Gasteiger charge is -2.25. The molecule has 0 radical (unpaired) electrons. The number of rotatable bonds is 16. The van der Waals surface area contributed by atoms with E-state index in [1.54, 1.807) is 11.8 Å². The van der Waals surface area contributed by atoms with Crippen LogP contribution in [0.15, 0.2) is 57.2 Å². The van der Waals surface area contributed by atoms with E-state index in [2.05, 4.69) is 21.2 Å². The maximum Gasteiger partial charge on any atom is 0.242 e. The lowest BCUT2D eigenvalue weighted by atomic mass is 10.1. The number of nitrogens with one attached hydrogen (secondary N) is 1. The zero-order valence-electron chi connectivity index (χ0n) is 25.0. The second-order valence-electron chi connectivity index (χ2n) is 10.6. The Morgan fingerprint density at radius 2 is 1.98 bits per heavy atom. The molecule has 12 nitrogen and oxygen atoms in total. The number of para-hydroxylation sites is 1. The average molecular weight is 645 g/mol. The SMILES string of the molecule is CN(CCOCCO)CCN(C)C1=Nc2ccccc2Sc2cc(CNC(O)CN3C(=O)CC(SCC(N)=O)C3=O)ccc21. The number of carbonyl (C=O) groups excluding carboxylic acids is 3. The van der Waals surface area contributed by atoms with E-state index < -0.39 is 23.3 Å². The molecule has 44 heavy (non-hydrogen) atoms. The number of primary amides is 1. The van der Waals surface area contributed by atoms with Crippen LogP contribution in [-0.2, 0) is 25.7 Å². The molecule has 3 amide bonds. The van der Waals surface area contributed by atoms with Gasteiger partial charge in [-0.15, -0.1) is 11.8 Å². The van der Waals surface area contributed by atoms with E-state index >= 15 is 0 Å². The average Bonchev–Trinajstić information content (AvgIpc) is 3.16. The Labute approximate surface area is 266 Å². The molecule has 0 aliphatic carbocycles. The number of ether oxygens (including phenoxy) is 1. The molecule has 2 aromatic carbocycles. The minimum atomic E-state index is -1.12. The van der Waals surface area contributed by atoms with Gasteiger partial charge < -0.3 is 30.5 Å². The Morgan fingerprint density at radius 1 is 1.18 bits per heavy atom. The number of aliphatic hydroxyl groups excluding tert-OH is 2. The highest BCUT2D eigenvalue weighted by Gasteiger charge is 2.39.